The van der Waals surface area contributed by atoms with Crippen LogP contribution in [0.3, 0.4) is 0 Å². The zero-order valence-corrected chi connectivity index (χ0v) is 16.5. The second kappa shape index (κ2) is 7.36. The van der Waals surface area contributed by atoms with Gasteiger partial charge in [0.05, 0.1) is 16.8 Å². The predicted octanol–water partition coefficient (Wildman–Crippen LogP) is 4.12. The maximum atomic E-state index is 13.5. The molecule has 4 rings (SSSR count). The normalized spacial score (nSPS) is 13.8. The van der Waals surface area contributed by atoms with E-state index in [4.69, 9.17) is 4.42 Å². The predicted molar refractivity (Wildman–Crippen MR) is 107 cm³/mol. The molecule has 1 amide bonds. The average molecular weight is 414 g/mol. The SMILES string of the molecule is Cc1cc(S(=O)(=O)Nc2ccc3c(c2)N(C(=O)c2ccco2)CCC3)ccc1F. The molecule has 0 radical (unpaired) electrons. The maximum absolute atomic E-state index is 13.5. The van der Waals surface area contributed by atoms with Gasteiger partial charge in [0, 0.05) is 12.2 Å². The minimum absolute atomic E-state index is 0.0300. The fraction of sp³-hybridized carbons (Fsp3) is 0.190. The van der Waals surface area contributed by atoms with Gasteiger partial charge in [-0.1, -0.05) is 6.07 Å². The van der Waals surface area contributed by atoms with Crippen LogP contribution in [0.5, 0.6) is 0 Å². The summed E-state index contributed by atoms with van der Waals surface area (Å²) >= 11 is 0. The van der Waals surface area contributed by atoms with Gasteiger partial charge < -0.3 is 9.32 Å². The molecule has 0 fully saturated rings. The van der Waals surface area contributed by atoms with E-state index in [0.29, 0.717) is 17.9 Å². The number of carbonyl (C=O) groups excluding carboxylic acids is 1. The number of carbonyl (C=O) groups is 1. The molecule has 1 N–H and O–H groups in total. The van der Waals surface area contributed by atoms with Gasteiger partial charge >= 0.3 is 0 Å². The summed E-state index contributed by atoms with van der Waals surface area (Å²) in [5.41, 5.74) is 2.17. The Morgan fingerprint density at radius 2 is 2.00 bits per heavy atom. The van der Waals surface area contributed by atoms with Crippen LogP contribution in [0, 0.1) is 12.7 Å². The molecule has 8 heteroatoms. The van der Waals surface area contributed by atoms with Crippen LogP contribution in [0.15, 0.2) is 64.1 Å². The van der Waals surface area contributed by atoms with Crippen molar-refractivity contribution >= 4 is 27.3 Å². The number of hydrogen-bond donors (Lipinski definition) is 1. The van der Waals surface area contributed by atoms with E-state index < -0.39 is 15.8 Å². The number of anilines is 2. The summed E-state index contributed by atoms with van der Waals surface area (Å²) in [7, 11) is -3.90. The molecule has 1 aromatic heterocycles. The molecule has 1 aliphatic rings. The van der Waals surface area contributed by atoms with Crippen molar-refractivity contribution in [2.75, 3.05) is 16.2 Å². The smallest absolute Gasteiger partial charge is 0.293 e. The van der Waals surface area contributed by atoms with Crippen LogP contribution in [-0.2, 0) is 16.4 Å². The Hall–Kier alpha value is -3.13. The second-order valence-corrected chi connectivity index (χ2v) is 8.58. The van der Waals surface area contributed by atoms with Crippen LogP contribution in [0.1, 0.15) is 28.1 Å². The number of nitrogens with one attached hydrogen (secondary N) is 1. The van der Waals surface area contributed by atoms with Gasteiger partial charge in [-0.15, -0.1) is 0 Å². The Labute approximate surface area is 168 Å². The van der Waals surface area contributed by atoms with Crippen molar-refractivity contribution in [3.8, 4) is 0 Å². The second-order valence-electron chi connectivity index (χ2n) is 6.90. The monoisotopic (exact) mass is 414 g/mol. The van der Waals surface area contributed by atoms with Crippen LogP contribution in [-0.4, -0.2) is 20.9 Å². The number of fused-ring (bicyclic) bond motifs is 1. The molecule has 2 heterocycles. The first kappa shape index (κ1) is 19.2. The first-order valence-electron chi connectivity index (χ1n) is 9.12. The third-order valence-electron chi connectivity index (χ3n) is 4.87. The summed E-state index contributed by atoms with van der Waals surface area (Å²) in [6, 6.07) is 12.0. The summed E-state index contributed by atoms with van der Waals surface area (Å²) in [6.07, 6.45) is 3.04. The fourth-order valence-corrected chi connectivity index (χ4v) is 4.51. The molecule has 2 aromatic carbocycles. The summed E-state index contributed by atoms with van der Waals surface area (Å²) in [4.78, 5) is 14.3. The zero-order chi connectivity index (χ0) is 20.6. The largest absolute Gasteiger partial charge is 0.459 e. The highest BCUT2D eigenvalue weighted by atomic mass is 32.2. The molecule has 29 heavy (non-hydrogen) atoms. The Balaban J connectivity index is 1.65. The van der Waals surface area contributed by atoms with Crippen molar-refractivity contribution in [1.29, 1.82) is 0 Å². The third kappa shape index (κ3) is 3.75. The first-order valence-corrected chi connectivity index (χ1v) is 10.6. The van der Waals surface area contributed by atoms with Crippen molar-refractivity contribution < 1.29 is 22.0 Å². The van der Waals surface area contributed by atoms with Crippen molar-refractivity contribution in [3.63, 3.8) is 0 Å². The van der Waals surface area contributed by atoms with E-state index in [9.17, 15) is 17.6 Å². The number of sulfonamides is 1. The molecule has 0 atom stereocenters. The van der Waals surface area contributed by atoms with Crippen LogP contribution >= 0.6 is 0 Å². The van der Waals surface area contributed by atoms with Crippen molar-refractivity contribution in [2.45, 2.75) is 24.7 Å². The standard InChI is InChI=1S/C21H19FN2O4S/c1-14-12-17(8-9-18(14)22)29(26,27)23-16-7-6-15-4-2-10-24(19(15)13-16)21(25)20-5-3-11-28-20/h3,5-9,11-13,23H,2,4,10H2,1H3. The maximum Gasteiger partial charge on any atom is 0.293 e. The third-order valence-corrected chi connectivity index (χ3v) is 6.25. The van der Waals surface area contributed by atoms with Crippen molar-refractivity contribution in [2.24, 2.45) is 0 Å². The van der Waals surface area contributed by atoms with Gasteiger partial charge in [-0.25, -0.2) is 12.8 Å². The molecular formula is C21H19FN2O4S. The highest BCUT2D eigenvalue weighted by Gasteiger charge is 2.26. The van der Waals surface area contributed by atoms with Crippen LogP contribution < -0.4 is 9.62 Å². The Kier molecular flexibility index (Phi) is 4.87. The highest BCUT2D eigenvalue weighted by molar-refractivity contribution is 7.92. The topological polar surface area (TPSA) is 79.6 Å². The molecule has 0 aliphatic carbocycles. The van der Waals surface area contributed by atoms with Crippen LogP contribution in [0.4, 0.5) is 15.8 Å². The van der Waals surface area contributed by atoms with Gasteiger partial charge in [-0.2, -0.15) is 0 Å². The number of furan rings is 1. The van der Waals surface area contributed by atoms with E-state index in [1.54, 1.807) is 29.2 Å². The Morgan fingerprint density at radius 3 is 2.72 bits per heavy atom. The Morgan fingerprint density at radius 1 is 1.17 bits per heavy atom. The van der Waals surface area contributed by atoms with Crippen LogP contribution in [0.2, 0.25) is 0 Å². The van der Waals surface area contributed by atoms with Crippen molar-refractivity contribution in [1.82, 2.24) is 0 Å². The molecule has 3 aromatic rings. The lowest BCUT2D eigenvalue weighted by Gasteiger charge is -2.29. The number of halogens is 1. The zero-order valence-electron chi connectivity index (χ0n) is 15.7. The van der Waals surface area contributed by atoms with Gasteiger partial charge in [-0.3, -0.25) is 9.52 Å². The van der Waals surface area contributed by atoms with Crippen LogP contribution in [0.25, 0.3) is 0 Å². The molecule has 6 nitrogen and oxygen atoms in total. The van der Waals surface area contributed by atoms with E-state index in [0.717, 1.165) is 24.5 Å². The summed E-state index contributed by atoms with van der Waals surface area (Å²) in [6.45, 7) is 2.02. The molecular weight excluding hydrogens is 395 g/mol. The van der Waals surface area contributed by atoms with E-state index in [1.165, 1.54) is 25.3 Å². The number of rotatable bonds is 4. The van der Waals surface area contributed by atoms with Gasteiger partial charge in [0.2, 0.25) is 0 Å². The quantitative estimate of drug-likeness (QED) is 0.696. The van der Waals surface area contributed by atoms with E-state index in [-0.39, 0.29) is 22.1 Å². The van der Waals surface area contributed by atoms with Gasteiger partial charge in [0.1, 0.15) is 5.82 Å². The van der Waals surface area contributed by atoms with Crippen molar-refractivity contribution in [3.05, 3.63) is 77.5 Å². The average Bonchev–Trinajstić information content (AvgIpc) is 3.23. The number of benzene rings is 2. The molecule has 0 saturated heterocycles. The van der Waals surface area contributed by atoms with Gasteiger partial charge in [0.15, 0.2) is 5.76 Å². The summed E-state index contributed by atoms with van der Waals surface area (Å²) in [5.74, 6) is -0.513. The lowest BCUT2D eigenvalue weighted by molar-refractivity contribution is 0.0958. The fourth-order valence-electron chi connectivity index (χ4n) is 3.38. The number of aryl methyl sites for hydroxylation is 2. The first-order chi connectivity index (χ1) is 13.8. The summed E-state index contributed by atoms with van der Waals surface area (Å²) in [5, 5.41) is 0. The molecule has 1 aliphatic heterocycles. The van der Waals surface area contributed by atoms with E-state index in [1.807, 2.05) is 6.07 Å². The van der Waals surface area contributed by atoms with Gasteiger partial charge in [0.25, 0.3) is 15.9 Å². The van der Waals surface area contributed by atoms with E-state index >= 15 is 0 Å². The van der Waals surface area contributed by atoms with E-state index in [2.05, 4.69) is 4.72 Å². The Bertz CT molecular complexity index is 1170. The molecule has 0 spiro atoms. The summed E-state index contributed by atoms with van der Waals surface area (Å²) < 4.78 is 46.6. The molecule has 0 saturated carbocycles. The lowest BCUT2D eigenvalue weighted by atomic mass is 10.0. The minimum Gasteiger partial charge on any atom is -0.459 e. The number of nitrogens with zero attached hydrogens (tertiary/aromatic N) is 1. The molecule has 0 unspecified atom stereocenters. The minimum atomic E-state index is -3.90. The molecule has 0 bridgehead atoms. The number of amides is 1. The highest BCUT2D eigenvalue weighted by Crippen LogP contribution is 2.32. The van der Waals surface area contributed by atoms with Gasteiger partial charge in [-0.05, 0) is 73.4 Å². The lowest BCUT2D eigenvalue weighted by Crippen LogP contribution is -2.35. The number of hydrogen-bond acceptors (Lipinski definition) is 4. The molecule has 150 valence electrons.